The number of benzene rings is 10. The number of thiazole rings is 2. The second-order valence-electron chi connectivity index (χ2n) is 20.1. The second-order valence-corrected chi connectivity index (χ2v) is 22.2. The zero-order valence-corrected chi connectivity index (χ0v) is 39.2. The minimum Gasteiger partial charge on any atom is -0.236 e. The summed E-state index contributed by atoms with van der Waals surface area (Å²) in [5.41, 5.74) is 13.1. The Hall–Kier alpha value is -6.98. The van der Waals surface area contributed by atoms with Crippen molar-refractivity contribution in [2.45, 2.75) is 43.4 Å². The van der Waals surface area contributed by atoms with E-state index < -0.39 is 0 Å². The van der Waals surface area contributed by atoms with E-state index in [1.165, 1.54) is 129 Å². The Labute approximate surface area is 403 Å². The van der Waals surface area contributed by atoms with Crippen LogP contribution < -0.4 is 0 Å². The first-order valence-corrected chi connectivity index (χ1v) is 26.1. The van der Waals surface area contributed by atoms with Gasteiger partial charge < -0.3 is 0 Å². The third-order valence-corrected chi connectivity index (χ3v) is 18.6. The van der Waals surface area contributed by atoms with E-state index in [-0.39, 0.29) is 5.41 Å². The summed E-state index contributed by atoms with van der Waals surface area (Å²) in [5, 5.41) is 12.4. The molecule has 2 heterocycles. The largest absolute Gasteiger partial charge is 0.236 e. The third-order valence-electron chi connectivity index (χ3n) is 16.4. The van der Waals surface area contributed by atoms with Gasteiger partial charge in [0.05, 0.1) is 20.4 Å². The van der Waals surface area contributed by atoms with Crippen molar-refractivity contribution < 1.29 is 0 Å². The Kier molecular flexibility index (Phi) is 8.62. The van der Waals surface area contributed by atoms with Crippen LogP contribution >= 0.6 is 22.7 Å². The summed E-state index contributed by atoms with van der Waals surface area (Å²) in [4.78, 5) is 10.7. The van der Waals surface area contributed by atoms with E-state index in [1.54, 1.807) is 0 Å². The average molecular weight is 907 g/mol. The van der Waals surface area contributed by atoms with Crippen molar-refractivity contribution in [3.63, 3.8) is 0 Å². The summed E-state index contributed by atoms with van der Waals surface area (Å²) in [6.45, 7) is 0. The molecule has 4 bridgehead atoms. The van der Waals surface area contributed by atoms with Crippen LogP contribution in [0.15, 0.2) is 194 Å². The molecule has 4 aliphatic rings. The van der Waals surface area contributed by atoms with Gasteiger partial charge in [0, 0.05) is 27.3 Å². The van der Waals surface area contributed by atoms with Gasteiger partial charge in [-0.05, 0) is 158 Å². The first-order valence-electron chi connectivity index (χ1n) is 24.5. The van der Waals surface area contributed by atoms with Crippen LogP contribution in [-0.2, 0) is 5.41 Å². The zero-order valence-electron chi connectivity index (χ0n) is 37.5. The van der Waals surface area contributed by atoms with E-state index in [2.05, 4.69) is 194 Å². The van der Waals surface area contributed by atoms with Gasteiger partial charge in [0.25, 0.3) is 0 Å². The number of hydrogen-bond acceptors (Lipinski definition) is 4. The van der Waals surface area contributed by atoms with E-state index in [0.29, 0.717) is 11.8 Å². The van der Waals surface area contributed by atoms with Crippen LogP contribution in [0.25, 0.3) is 107 Å². The molecule has 4 fully saturated rings. The lowest BCUT2D eigenvalue weighted by atomic mass is 9.42. The van der Waals surface area contributed by atoms with Crippen molar-refractivity contribution >= 4 is 86.2 Å². The maximum atomic E-state index is 5.38. The van der Waals surface area contributed by atoms with Crippen LogP contribution in [-0.4, -0.2) is 9.97 Å². The molecule has 16 rings (SSSR count). The van der Waals surface area contributed by atoms with Gasteiger partial charge in [0.2, 0.25) is 0 Å². The van der Waals surface area contributed by atoms with Gasteiger partial charge in [0.15, 0.2) is 0 Å². The number of aromatic nitrogens is 2. The molecule has 68 heavy (non-hydrogen) atoms. The highest BCUT2D eigenvalue weighted by atomic mass is 32.1. The summed E-state index contributed by atoms with van der Waals surface area (Å²) in [6, 6.07) is 73.2. The summed E-state index contributed by atoms with van der Waals surface area (Å²) in [7, 11) is 0. The summed E-state index contributed by atoms with van der Waals surface area (Å²) >= 11 is 3.64. The van der Waals surface area contributed by atoms with Crippen molar-refractivity contribution in [3.05, 3.63) is 205 Å². The van der Waals surface area contributed by atoms with Crippen molar-refractivity contribution in [2.75, 3.05) is 0 Å². The molecule has 4 aliphatic carbocycles. The first-order chi connectivity index (χ1) is 33.6. The van der Waals surface area contributed by atoms with Crippen molar-refractivity contribution in [2.24, 2.45) is 17.8 Å². The van der Waals surface area contributed by atoms with Gasteiger partial charge in [-0.1, -0.05) is 158 Å². The predicted molar refractivity (Wildman–Crippen MR) is 289 cm³/mol. The maximum absolute atomic E-state index is 5.38. The fraction of sp³-hybridized carbons (Fsp3) is 0.156. The van der Waals surface area contributed by atoms with Crippen LogP contribution in [0.3, 0.4) is 0 Å². The molecule has 12 aromatic rings. The zero-order chi connectivity index (χ0) is 44.5. The lowest BCUT2D eigenvalue weighted by Gasteiger charge is -2.62. The number of nitrogens with zero attached hydrogens (tertiary/aromatic N) is 2. The van der Waals surface area contributed by atoms with E-state index in [4.69, 9.17) is 9.97 Å². The Balaban J connectivity index is 0.971. The number of fused-ring (bicyclic) bond motifs is 6. The molecule has 4 heteroatoms. The lowest BCUT2D eigenvalue weighted by Crippen LogP contribution is -2.54. The van der Waals surface area contributed by atoms with Gasteiger partial charge >= 0.3 is 0 Å². The quantitative estimate of drug-likeness (QED) is 0.155. The molecule has 0 spiro atoms. The Morgan fingerprint density at radius 1 is 0.412 bits per heavy atom. The summed E-state index contributed by atoms with van der Waals surface area (Å²) in [5.74, 6) is 2.47. The molecule has 0 saturated heterocycles. The van der Waals surface area contributed by atoms with Crippen molar-refractivity contribution in [1.82, 2.24) is 9.97 Å². The highest BCUT2D eigenvalue weighted by molar-refractivity contribution is 7.22. The second kappa shape index (κ2) is 15.0. The number of para-hydroxylation sites is 2. The third kappa shape index (κ3) is 5.80. The van der Waals surface area contributed by atoms with Crippen molar-refractivity contribution in [1.29, 1.82) is 0 Å². The molecule has 4 saturated carbocycles. The lowest BCUT2D eigenvalue weighted by molar-refractivity contribution is -0.0276. The summed E-state index contributed by atoms with van der Waals surface area (Å²) < 4.78 is 2.45. The van der Waals surface area contributed by atoms with Crippen LogP contribution in [0.1, 0.15) is 49.1 Å². The molecule has 0 N–H and O–H groups in total. The normalized spacial score (nSPS) is 21.0. The van der Waals surface area contributed by atoms with Gasteiger partial charge in [-0.25, -0.2) is 9.97 Å². The molecule has 0 radical (unpaired) electrons. The number of hydrogen-bond donors (Lipinski definition) is 0. The van der Waals surface area contributed by atoms with Crippen LogP contribution in [0.4, 0.5) is 0 Å². The minimum absolute atomic E-state index is 0.0242. The topological polar surface area (TPSA) is 25.8 Å². The average Bonchev–Trinajstić information content (AvgIpc) is 4.02. The molecule has 2 aromatic heterocycles. The molecule has 2 nitrogen and oxygen atoms in total. The molecule has 0 aliphatic heterocycles. The molecular weight excluding hydrogens is 861 g/mol. The van der Waals surface area contributed by atoms with Gasteiger partial charge in [-0.2, -0.15) is 0 Å². The Morgan fingerprint density at radius 2 is 0.882 bits per heavy atom. The molecule has 3 unspecified atom stereocenters. The smallest absolute Gasteiger partial charge is 0.125 e. The monoisotopic (exact) mass is 906 g/mol. The first kappa shape index (κ1) is 39.1. The minimum atomic E-state index is -0.0242. The molecule has 0 amide bonds. The molecular formula is C64H46N2S2. The number of rotatable bonds is 6. The van der Waals surface area contributed by atoms with E-state index in [0.717, 1.165) is 32.9 Å². The Bertz CT molecular complexity index is 3940. The Morgan fingerprint density at radius 3 is 1.49 bits per heavy atom. The van der Waals surface area contributed by atoms with Crippen LogP contribution in [0.5, 0.6) is 0 Å². The van der Waals surface area contributed by atoms with E-state index >= 15 is 0 Å². The highest BCUT2D eigenvalue weighted by Gasteiger charge is 2.59. The van der Waals surface area contributed by atoms with E-state index in [9.17, 15) is 0 Å². The molecule has 10 aromatic carbocycles. The summed E-state index contributed by atoms with van der Waals surface area (Å²) in [6.07, 6.45) is 6.47. The van der Waals surface area contributed by atoms with Gasteiger partial charge in [-0.3, -0.25) is 0 Å². The SMILES string of the molecule is c1ccc(C2C3CC4CC(C3)CC2(c2ccccc2-c2cccc3cc5ccccc5c(-c5nc6ccccc6s5)c23)C4)c(-c2cccc3cc4ccccc4c(-c4nc5ccccc5s4)c23)c1. The predicted octanol–water partition coefficient (Wildman–Crippen LogP) is 18.0. The standard InChI is InChI=1S/C64H46N2S2/c1-3-19-45-40(15-1)34-42-17-13-24-49(57(42)59(45)62-65-53-27-9-11-29-55(53)67-62)47-21-5-6-23-51(47)61-44-32-38-31-39(33-44)37-64(61,36-38)52-26-8-7-22-48(52)50-25-14-18-43-35-41-16-2-4-20-46(41)60(58(43)50)63-66-54-28-10-12-30-56(54)68-63/h1-30,34-35,38-39,44,61H,31-33,36-37H2. The molecule has 324 valence electrons. The maximum Gasteiger partial charge on any atom is 0.125 e. The van der Waals surface area contributed by atoms with E-state index in [1.807, 2.05) is 22.7 Å². The fourth-order valence-corrected chi connectivity index (χ4v) is 16.3. The molecule has 3 atom stereocenters. The van der Waals surface area contributed by atoms with Crippen LogP contribution in [0, 0.1) is 17.8 Å². The van der Waals surface area contributed by atoms with Gasteiger partial charge in [-0.15, -0.1) is 22.7 Å². The van der Waals surface area contributed by atoms with Crippen LogP contribution in [0.2, 0.25) is 0 Å². The van der Waals surface area contributed by atoms with Gasteiger partial charge in [0.1, 0.15) is 10.0 Å². The van der Waals surface area contributed by atoms with Crippen molar-refractivity contribution in [3.8, 4) is 43.4 Å². The fourth-order valence-electron chi connectivity index (χ4n) is 14.2. The highest BCUT2D eigenvalue weighted by Crippen LogP contribution is 2.68.